The number of hydrogen-bond acceptors (Lipinski definition) is 6. The van der Waals surface area contributed by atoms with Gasteiger partial charge in [0.1, 0.15) is 5.84 Å². The predicted octanol–water partition coefficient (Wildman–Crippen LogP) is 3.83. The summed E-state index contributed by atoms with van der Waals surface area (Å²) in [6.07, 6.45) is -5.73. The van der Waals surface area contributed by atoms with Gasteiger partial charge in [0, 0.05) is 74.2 Å². The molecule has 2 saturated heterocycles. The highest BCUT2D eigenvalue weighted by Crippen LogP contribution is 2.37. The van der Waals surface area contributed by atoms with Crippen molar-refractivity contribution in [2.45, 2.75) is 24.8 Å². The Balaban J connectivity index is 1.29. The Hall–Kier alpha value is -3.29. The van der Waals surface area contributed by atoms with Gasteiger partial charge in [0.05, 0.1) is 11.6 Å². The average molecular weight is 531 g/mol. The maximum Gasteiger partial charge on any atom is 0.429 e. The van der Waals surface area contributed by atoms with Crippen molar-refractivity contribution in [2.75, 3.05) is 51.2 Å². The second kappa shape index (κ2) is 9.88. The van der Waals surface area contributed by atoms with Crippen LogP contribution in [0.4, 0.5) is 18.9 Å². The number of hydrogen-bond donors (Lipinski definition) is 0. The Kier molecular flexibility index (Phi) is 6.77. The van der Waals surface area contributed by atoms with Gasteiger partial charge in [-0.15, -0.1) is 0 Å². The molecule has 0 radical (unpaired) electrons. The minimum atomic E-state index is -4.53. The standard InChI is InChI=1S/C26H26ClF3N6O/c1-33-22-7-2-17(15-31)14-21(22)23(32-25(33)26(28,29)30)36-9-8-20(16-36)34-10-12-35(13-11-34)24(37)18-3-5-19(27)6-4-18/h2-7,14,20,25H,8-13,16H2,1H3/t20-,25?/m0/s1. The van der Waals surface area contributed by atoms with Crippen molar-refractivity contribution in [1.29, 1.82) is 5.26 Å². The van der Waals surface area contributed by atoms with Crippen LogP contribution >= 0.6 is 11.6 Å². The fraction of sp³-hybridized carbons (Fsp3) is 0.423. The van der Waals surface area contributed by atoms with Crippen LogP contribution in [0.5, 0.6) is 0 Å². The van der Waals surface area contributed by atoms with E-state index in [0.717, 1.165) is 11.3 Å². The lowest BCUT2D eigenvalue weighted by atomic mass is 10.0. The van der Waals surface area contributed by atoms with Crippen LogP contribution in [-0.4, -0.2) is 91.1 Å². The molecule has 2 fully saturated rings. The van der Waals surface area contributed by atoms with E-state index in [1.54, 1.807) is 36.4 Å². The van der Waals surface area contributed by atoms with Gasteiger partial charge >= 0.3 is 6.18 Å². The van der Waals surface area contributed by atoms with E-state index in [1.165, 1.54) is 13.1 Å². The normalized spacial score (nSPS) is 22.5. The first kappa shape index (κ1) is 25.4. The molecule has 2 aromatic rings. The Morgan fingerprint density at radius 3 is 2.43 bits per heavy atom. The molecule has 2 aromatic carbocycles. The van der Waals surface area contributed by atoms with Gasteiger partial charge < -0.3 is 14.7 Å². The minimum Gasteiger partial charge on any atom is -0.355 e. The lowest BCUT2D eigenvalue weighted by molar-refractivity contribution is -0.146. The molecular weight excluding hydrogens is 505 g/mol. The molecule has 0 bridgehead atoms. The third-order valence-corrected chi connectivity index (χ3v) is 7.57. The molecule has 0 aromatic heterocycles. The Morgan fingerprint density at radius 1 is 1.08 bits per heavy atom. The molecule has 0 aliphatic carbocycles. The number of piperazine rings is 1. The zero-order valence-electron chi connectivity index (χ0n) is 20.2. The molecule has 1 amide bonds. The number of benzene rings is 2. The number of amides is 1. The van der Waals surface area contributed by atoms with Gasteiger partial charge in [0.15, 0.2) is 0 Å². The van der Waals surface area contributed by atoms with Crippen molar-refractivity contribution in [3.8, 4) is 6.07 Å². The molecule has 5 rings (SSSR count). The fourth-order valence-electron chi connectivity index (χ4n) is 5.34. The topological polar surface area (TPSA) is 66.2 Å². The maximum atomic E-state index is 13.8. The molecular formula is C26H26ClF3N6O. The monoisotopic (exact) mass is 530 g/mol. The van der Waals surface area contributed by atoms with E-state index in [4.69, 9.17) is 11.6 Å². The number of rotatable bonds is 2. The van der Waals surface area contributed by atoms with Crippen LogP contribution in [0.2, 0.25) is 5.02 Å². The summed E-state index contributed by atoms with van der Waals surface area (Å²) in [6.45, 7) is 3.63. The number of fused-ring (bicyclic) bond motifs is 1. The van der Waals surface area contributed by atoms with Gasteiger partial charge in [-0.2, -0.15) is 18.4 Å². The number of amidine groups is 1. The third kappa shape index (κ3) is 4.98. The molecule has 0 saturated carbocycles. The number of carbonyl (C=O) groups excluding carboxylic acids is 1. The largest absolute Gasteiger partial charge is 0.429 e. The first-order chi connectivity index (χ1) is 17.7. The molecule has 3 heterocycles. The number of alkyl halides is 3. The van der Waals surface area contributed by atoms with Crippen LogP contribution < -0.4 is 4.90 Å². The third-order valence-electron chi connectivity index (χ3n) is 7.32. The van der Waals surface area contributed by atoms with Gasteiger partial charge in [-0.3, -0.25) is 9.69 Å². The Bertz CT molecular complexity index is 1250. The van der Waals surface area contributed by atoms with Crippen molar-refractivity contribution in [3.63, 3.8) is 0 Å². The molecule has 7 nitrogen and oxygen atoms in total. The molecule has 3 aliphatic heterocycles. The first-order valence-electron chi connectivity index (χ1n) is 12.1. The van der Waals surface area contributed by atoms with Crippen molar-refractivity contribution in [3.05, 3.63) is 64.2 Å². The van der Waals surface area contributed by atoms with E-state index >= 15 is 0 Å². The second-order valence-corrected chi connectivity index (χ2v) is 9.98. The molecule has 2 atom stereocenters. The summed E-state index contributed by atoms with van der Waals surface area (Å²) in [5, 5.41) is 9.94. The van der Waals surface area contributed by atoms with Crippen LogP contribution in [0.1, 0.15) is 27.9 Å². The molecule has 0 spiro atoms. The first-order valence-corrected chi connectivity index (χ1v) is 12.5. The van der Waals surface area contributed by atoms with Crippen LogP contribution in [0.15, 0.2) is 47.5 Å². The van der Waals surface area contributed by atoms with Gasteiger partial charge in [0.25, 0.3) is 5.91 Å². The fourth-order valence-corrected chi connectivity index (χ4v) is 5.46. The molecule has 11 heteroatoms. The van der Waals surface area contributed by atoms with Crippen LogP contribution in [0.3, 0.4) is 0 Å². The highest BCUT2D eigenvalue weighted by atomic mass is 35.5. The Labute approximate surface area is 218 Å². The second-order valence-electron chi connectivity index (χ2n) is 9.55. The lowest BCUT2D eigenvalue weighted by Crippen LogP contribution is -2.53. The summed E-state index contributed by atoms with van der Waals surface area (Å²) in [5.74, 6) is 0.250. The van der Waals surface area contributed by atoms with Crippen LogP contribution in [-0.2, 0) is 0 Å². The van der Waals surface area contributed by atoms with E-state index in [0.29, 0.717) is 66.7 Å². The Morgan fingerprint density at radius 2 is 1.78 bits per heavy atom. The zero-order valence-corrected chi connectivity index (χ0v) is 21.0. The van der Waals surface area contributed by atoms with E-state index in [2.05, 4.69) is 16.0 Å². The van der Waals surface area contributed by atoms with E-state index < -0.39 is 12.3 Å². The number of anilines is 1. The van der Waals surface area contributed by atoms with Crippen molar-refractivity contribution < 1.29 is 18.0 Å². The zero-order chi connectivity index (χ0) is 26.3. The SMILES string of the molecule is CN1c2ccc(C#N)cc2C(N2CC[C@H](N3CCN(C(=O)c4ccc(Cl)cc4)CC3)C2)=NC1C(F)(F)F. The summed E-state index contributed by atoms with van der Waals surface area (Å²) in [5.41, 5.74) is 1.92. The number of halogens is 4. The number of nitriles is 1. The number of aliphatic imine (C=N–C) groups is 1. The van der Waals surface area contributed by atoms with Gasteiger partial charge in [-0.1, -0.05) is 11.6 Å². The molecule has 3 aliphatic rings. The average Bonchev–Trinajstić information content (AvgIpc) is 3.38. The molecule has 37 heavy (non-hydrogen) atoms. The van der Waals surface area contributed by atoms with Crippen molar-refractivity contribution in [2.24, 2.45) is 4.99 Å². The minimum absolute atomic E-state index is 0.0341. The predicted molar refractivity (Wildman–Crippen MR) is 135 cm³/mol. The van der Waals surface area contributed by atoms with E-state index in [1.807, 2.05) is 9.80 Å². The molecule has 194 valence electrons. The van der Waals surface area contributed by atoms with Crippen LogP contribution in [0, 0.1) is 11.3 Å². The highest BCUT2D eigenvalue weighted by molar-refractivity contribution is 6.30. The quantitative estimate of drug-likeness (QED) is 0.590. The summed E-state index contributed by atoms with van der Waals surface area (Å²) in [7, 11) is 1.38. The summed E-state index contributed by atoms with van der Waals surface area (Å²) < 4.78 is 41.5. The van der Waals surface area contributed by atoms with Crippen molar-refractivity contribution in [1.82, 2.24) is 14.7 Å². The highest BCUT2D eigenvalue weighted by Gasteiger charge is 2.47. The lowest BCUT2D eigenvalue weighted by Gasteiger charge is -2.39. The maximum absolute atomic E-state index is 13.8. The van der Waals surface area contributed by atoms with Gasteiger partial charge in [0.2, 0.25) is 6.17 Å². The van der Waals surface area contributed by atoms with Crippen molar-refractivity contribution >= 4 is 29.0 Å². The van der Waals surface area contributed by atoms with Gasteiger partial charge in [-0.05, 0) is 48.9 Å². The number of likely N-dealkylation sites (tertiary alicyclic amines) is 1. The van der Waals surface area contributed by atoms with Crippen LogP contribution in [0.25, 0.3) is 0 Å². The number of carbonyl (C=O) groups is 1. The summed E-state index contributed by atoms with van der Waals surface area (Å²) in [4.78, 5) is 24.1. The van der Waals surface area contributed by atoms with Gasteiger partial charge in [-0.25, -0.2) is 4.99 Å². The van der Waals surface area contributed by atoms with E-state index in [9.17, 15) is 23.2 Å². The summed E-state index contributed by atoms with van der Waals surface area (Å²) >= 11 is 5.93. The molecule has 1 unspecified atom stereocenters. The van der Waals surface area contributed by atoms with E-state index in [-0.39, 0.29) is 17.8 Å². The smallest absolute Gasteiger partial charge is 0.355 e. The molecule has 0 N–H and O–H groups in total. The summed E-state index contributed by atoms with van der Waals surface area (Å²) in [6, 6.07) is 13.8. The number of nitrogens with zero attached hydrogens (tertiary/aromatic N) is 6.